The molecule has 1 aliphatic rings. The molecule has 0 spiro atoms. The molecule has 10 heteroatoms. The fraction of sp³-hybridized carbons (Fsp3) is 0.450. The van der Waals surface area contributed by atoms with Crippen molar-refractivity contribution in [3.63, 3.8) is 0 Å². The molecule has 2 aromatic rings. The average molecular weight is 425 g/mol. The van der Waals surface area contributed by atoms with Crippen LogP contribution < -0.4 is 16.0 Å². The number of rotatable bonds is 5. The number of ketones is 1. The first-order valence-corrected chi connectivity index (χ1v) is 9.46. The Morgan fingerprint density at radius 2 is 2.00 bits per heavy atom. The lowest BCUT2D eigenvalue weighted by molar-refractivity contribution is -0.138. The summed E-state index contributed by atoms with van der Waals surface area (Å²) in [6, 6.07) is 4.60. The van der Waals surface area contributed by atoms with Crippen molar-refractivity contribution >= 4 is 17.4 Å². The number of hydrogen-bond acceptors (Lipinski definition) is 6. The number of alkyl halides is 4. The van der Waals surface area contributed by atoms with Gasteiger partial charge in [0.05, 0.1) is 11.1 Å². The first kappa shape index (κ1) is 21.9. The number of carbonyl (C=O) groups is 1. The maximum absolute atomic E-state index is 14.0. The van der Waals surface area contributed by atoms with E-state index in [1.165, 1.54) is 38.2 Å². The molecule has 1 atom stereocenters. The van der Waals surface area contributed by atoms with Crippen molar-refractivity contribution in [1.29, 1.82) is 0 Å². The second-order valence-electron chi connectivity index (χ2n) is 7.85. The van der Waals surface area contributed by atoms with Crippen LogP contribution in [0.2, 0.25) is 0 Å². The Bertz CT molecular complexity index is 926. The summed E-state index contributed by atoms with van der Waals surface area (Å²) in [5.41, 5.74) is 2.26. The Balaban J connectivity index is 1.97. The minimum atomic E-state index is -4.77. The molecule has 0 bridgehead atoms. The number of carbonyl (C=O) groups excluding carboxylic acids is 1. The first-order valence-electron chi connectivity index (χ1n) is 9.46. The third-order valence-corrected chi connectivity index (χ3v) is 4.80. The van der Waals surface area contributed by atoms with Gasteiger partial charge in [-0.15, -0.1) is 0 Å². The molecule has 6 nitrogen and oxygen atoms in total. The van der Waals surface area contributed by atoms with E-state index in [4.69, 9.17) is 5.73 Å². The first-order chi connectivity index (χ1) is 14.0. The molecular formula is C20H23F4N5O. The molecule has 3 heterocycles. The number of piperazine rings is 1. The molecule has 0 radical (unpaired) electrons. The van der Waals surface area contributed by atoms with Crippen LogP contribution >= 0.6 is 0 Å². The van der Waals surface area contributed by atoms with Gasteiger partial charge in [0.2, 0.25) is 5.78 Å². The van der Waals surface area contributed by atoms with Crippen molar-refractivity contribution in [1.82, 2.24) is 15.3 Å². The van der Waals surface area contributed by atoms with Crippen LogP contribution in [0, 0.1) is 0 Å². The largest absolute Gasteiger partial charge is 0.418 e. The van der Waals surface area contributed by atoms with Gasteiger partial charge in [-0.3, -0.25) is 4.79 Å². The van der Waals surface area contributed by atoms with E-state index in [1.54, 1.807) is 4.90 Å². The number of nitrogens with zero attached hydrogens (tertiary/aromatic N) is 3. The maximum Gasteiger partial charge on any atom is 0.418 e. The van der Waals surface area contributed by atoms with Gasteiger partial charge in [0, 0.05) is 31.9 Å². The lowest BCUT2D eigenvalue weighted by Crippen LogP contribution is -2.52. The van der Waals surface area contributed by atoms with E-state index in [9.17, 15) is 22.4 Å². The number of nitrogens with two attached hydrogens (primary N) is 1. The Hall–Kier alpha value is -2.75. The SMILES string of the molecule is CC(C)(F)CC1CN(c2ccc(C(F)(F)F)c(C(=O)c3cccnc3N)n2)CCN1. The van der Waals surface area contributed by atoms with E-state index in [0.717, 1.165) is 6.07 Å². The predicted octanol–water partition coefficient (Wildman–Crippen LogP) is 3.23. The van der Waals surface area contributed by atoms with Crippen LogP contribution in [0.4, 0.5) is 29.2 Å². The number of hydrogen-bond donors (Lipinski definition) is 2. The molecule has 2 aromatic heterocycles. The number of pyridine rings is 2. The van der Waals surface area contributed by atoms with Crippen molar-refractivity contribution in [2.45, 2.75) is 38.2 Å². The summed E-state index contributed by atoms with van der Waals surface area (Å²) in [4.78, 5) is 22.4. The molecular weight excluding hydrogens is 402 g/mol. The zero-order chi connectivity index (χ0) is 22.1. The van der Waals surface area contributed by atoms with Crippen LogP contribution in [0.3, 0.4) is 0 Å². The molecule has 1 fully saturated rings. The summed E-state index contributed by atoms with van der Waals surface area (Å²) in [6.45, 7) is 4.28. The topological polar surface area (TPSA) is 84.1 Å². The Kier molecular flexibility index (Phi) is 5.98. The lowest BCUT2D eigenvalue weighted by Gasteiger charge is -2.36. The van der Waals surface area contributed by atoms with E-state index in [0.29, 0.717) is 19.6 Å². The summed E-state index contributed by atoms with van der Waals surface area (Å²) in [7, 11) is 0. The van der Waals surface area contributed by atoms with Crippen molar-refractivity contribution in [3.8, 4) is 0 Å². The van der Waals surface area contributed by atoms with Crippen LogP contribution in [0.15, 0.2) is 30.5 Å². The standard InChI is InChI=1S/C20H23F4N5O/c1-19(2,21)10-12-11-29(9-8-26-12)15-6-5-14(20(22,23)24)16(28-15)17(30)13-4-3-7-27-18(13)25/h3-7,12,26H,8-11H2,1-2H3,(H2,25,27). The second-order valence-corrected chi connectivity index (χ2v) is 7.85. The lowest BCUT2D eigenvalue weighted by atomic mass is 9.99. The van der Waals surface area contributed by atoms with Crippen LogP contribution in [0.1, 0.15) is 41.9 Å². The number of anilines is 2. The second kappa shape index (κ2) is 8.17. The van der Waals surface area contributed by atoms with Gasteiger partial charge >= 0.3 is 6.18 Å². The van der Waals surface area contributed by atoms with Crippen molar-refractivity contribution in [2.24, 2.45) is 0 Å². The molecule has 30 heavy (non-hydrogen) atoms. The van der Waals surface area contributed by atoms with Gasteiger partial charge in [-0.1, -0.05) is 0 Å². The number of halogens is 4. The van der Waals surface area contributed by atoms with Crippen LogP contribution in [-0.2, 0) is 6.18 Å². The minimum absolute atomic E-state index is 0.148. The van der Waals surface area contributed by atoms with Crippen molar-refractivity contribution < 1.29 is 22.4 Å². The van der Waals surface area contributed by atoms with Gasteiger partial charge in [0.15, 0.2) is 0 Å². The minimum Gasteiger partial charge on any atom is -0.383 e. The van der Waals surface area contributed by atoms with E-state index in [2.05, 4.69) is 15.3 Å². The summed E-state index contributed by atoms with van der Waals surface area (Å²) in [5, 5.41) is 3.20. The van der Waals surface area contributed by atoms with E-state index >= 15 is 0 Å². The smallest absolute Gasteiger partial charge is 0.383 e. The van der Waals surface area contributed by atoms with E-state index < -0.39 is 28.9 Å². The highest BCUT2D eigenvalue weighted by Crippen LogP contribution is 2.34. The fourth-order valence-corrected chi connectivity index (χ4v) is 3.52. The molecule has 0 aliphatic carbocycles. The maximum atomic E-state index is 14.0. The zero-order valence-electron chi connectivity index (χ0n) is 16.6. The molecule has 1 aliphatic heterocycles. The highest BCUT2D eigenvalue weighted by Gasteiger charge is 2.37. The third-order valence-electron chi connectivity index (χ3n) is 4.80. The fourth-order valence-electron chi connectivity index (χ4n) is 3.52. The molecule has 0 aromatic carbocycles. The quantitative estimate of drug-likeness (QED) is 0.565. The van der Waals surface area contributed by atoms with Gasteiger partial charge in [-0.05, 0) is 44.5 Å². The average Bonchev–Trinajstić information content (AvgIpc) is 2.65. The molecule has 162 valence electrons. The molecule has 3 N–H and O–H groups in total. The molecule has 0 amide bonds. The Morgan fingerprint density at radius 1 is 1.27 bits per heavy atom. The highest BCUT2D eigenvalue weighted by atomic mass is 19.4. The molecule has 1 unspecified atom stereocenters. The number of nitrogen functional groups attached to an aromatic ring is 1. The van der Waals surface area contributed by atoms with E-state index in [-0.39, 0.29) is 29.7 Å². The van der Waals surface area contributed by atoms with Gasteiger partial charge in [0.25, 0.3) is 0 Å². The van der Waals surface area contributed by atoms with E-state index in [1.807, 2.05) is 0 Å². The Morgan fingerprint density at radius 3 is 2.63 bits per heavy atom. The number of aromatic nitrogens is 2. The molecule has 0 saturated carbocycles. The normalized spacial score (nSPS) is 17.8. The van der Waals surface area contributed by atoms with Gasteiger partial charge < -0.3 is 16.0 Å². The number of nitrogens with one attached hydrogen (secondary N) is 1. The summed E-state index contributed by atoms with van der Waals surface area (Å²) in [6.07, 6.45) is -3.19. The van der Waals surface area contributed by atoms with Crippen LogP contribution in [0.5, 0.6) is 0 Å². The predicted molar refractivity (Wildman–Crippen MR) is 105 cm³/mol. The van der Waals surface area contributed by atoms with Gasteiger partial charge in [-0.2, -0.15) is 13.2 Å². The van der Waals surface area contributed by atoms with Crippen molar-refractivity contribution in [2.75, 3.05) is 30.3 Å². The third kappa shape index (κ3) is 5.05. The van der Waals surface area contributed by atoms with Gasteiger partial charge in [0.1, 0.15) is 23.0 Å². The molecule has 3 rings (SSSR count). The molecule has 1 saturated heterocycles. The summed E-state index contributed by atoms with van der Waals surface area (Å²) in [5.74, 6) is -0.904. The van der Waals surface area contributed by atoms with Gasteiger partial charge in [-0.25, -0.2) is 14.4 Å². The monoisotopic (exact) mass is 425 g/mol. The summed E-state index contributed by atoms with van der Waals surface area (Å²) >= 11 is 0. The Labute approximate surface area is 171 Å². The van der Waals surface area contributed by atoms with Crippen molar-refractivity contribution in [3.05, 3.63) is 47.3 Å². The van der Waals surface area contributed by atoms with Crippen LogP contribution in [-0.4, -0.2) is 47.1 Å². The van der Waals surface area contributed by atoms with Crippen LogP contribution in [0.25, 0.3) is 0 Å². The highest BCUT2D eigenvalue weighted by molar-refractivity contribution is 6.11. The zero-order valence-corrected chi connectivity index (χ0v) is 16.6. The summed E-state index contributed by atoms with van der Waals surface area (Å²) < 4.78 is 54.6.